The van der Waals surface area contributed by atoms with E-state index in [1.54, 1.807) is 23.1 Å². The van der Waals surface area contributed by atoms with Crippen LogP contribution in [0.2, 0.25) is 5.02 Å². The largest absolute Gasteiger partial charge is 0.492 e. The third-order valence-electron chi connectivity index (χ3n) is 5.30. The number of nitrogens with zero attached hydrogens (tertiary/aromatic N) is 1. The van der Waals surface area contributed by atoms with Gasteiger partial charge in [0, 0.05) is 23.7 Å². The Morgan fingerprint density at radius 1 is 1.12 bits per heavy atom. The van der Waals surface area contributed by atoms with Gasteiger partial charge < -0.3 is 18.6 Å². The predicted octanol–water partition coefficient (Wildman–Crippen LogP) is 5.54. The number of amides is 1. The molecule has 180 valence electrons. The highest BCUT2D eigenvalue weighted by molar-refractivity contribution is 7.87. The molecule has 2 aromatic rings. The minimum absolute atomic E-state index is 0.0363. The van der Waals surface area contributed by atoms with Gasteiger partial charge >= 0.3 is 16.2 Å². The van der Waals surface area contributed by atoms with Crippen LogP contribution in [0.4, 0.5) is 4.79 Å². The lowest BCUT2D eigenvalue weighted by molar-refractivity contribution is 0.0204. The Balaban J connectivity index is 1.83. The zero-order valence-electron chi connectivity index (χ0n) is 19.6. The zero-order valence-corrected chi connectivity index (χ0v) is 21.1. The lowest BCUT2D eigenvalue weighted by Gasteiger charge is -2.34. The summed E-state index contributed by atoms with van der Waals surface area (Å²) in [5.41, 5.74) is 1.16. The van der Waals surface area contributed by atoms with Crippen molar-refractivity contribution in [3.05, 3.63) is 52.5 Å². The Morgan fingerprint density at radius 2 is 1.79 bits per heavy atom. The van der Waals surface area contributed by atoms with Crippen molar-refractivity contribution < 1.29 is 26.9 Å². The van der Waals surface area contributed by atoms with Gasteiger partial charge in [0.1, 0.15) is 10.5 Å². The molecular formula is C24H30ClNO6S. The standard InChI is InChI=1S/C24H30ClNO6S/c1-16-13-20(17-9-11-26(12-10-17)23(27)31-24(2,3)4)22(30-5)21(14-16)32-33(28,29)19-8-6-7-18(25)15-19/h6-8,13-15,17H,9-12H2,1-5H3. The van der Waals surface area contributed by atoms with E-state index in [1.807, 2.05) is 33.8 Å². The van der Waals surface area contributed by atoms with E-state index < -0.39 is 15.7 Å². The van der Waals surface area contributed by atoms with Crippen molar-refractivity contribution in [3.63, 3.8) is 0 Å². The quantitative estimate of drug-likeness (QED) is 0.506. The number of halogens is 1. The van der Waals surface area contributed by atoms with E-state index in [0.717, 1.165) is 11.1 Å². The SMILES string of the molecule is COc1c(OS(=O)(=O)c2cccc(Cl)c2)cc(C)cc1C1CCN(C(=O)OC(C)(C)C)CC1. The van der Waals surface area contributed by atoms with Crippen LogP contribution < -0.4 is 8.92 Å². The monoisotopic (exact) mass is 495 g/mol. The van der Waals surface area contributed by atoms with Crippen molar-refractivity contribution in [3.8, 4) is 11.5 Å². The van der Waals surface area contributed by atoms with Crippen LogP contribution >= 0.6 is 11.6 Å². The molecule has 9 heteroatoms. The van der Waals surface area contributed by atoms with Gasteiger partial charge in [-0.3, -0.25) is 0 Å². The summed E-state index contributed by atoms with van der Waals surface area (Å²) in [6, 6.07) is 9.53. The molecule has 0 aromatic heterocycles. The molecule has 1 aliphatic heterocycles. The van der Waals surface area contributed by atoms with Gasteiger partial charge in [-0.15, -0.1) is 0 Å². The normalized spacial score (nSPS) is 15.3. The Bertz CT molecular complexity index is 1120. The van der Waals surface area contributed by atoms with Crippen LogP contribution in [0.25, 0.3) is 0 Å². The molecule has 0 unspecified atom stereocenters. The van der Waals surface area contributed by atoms with E-state index in [0.29, 0.717) is 36.7 Å². The third kappa shape index (κ3) is 6.32. The number of rotatable bonds is 5. The highest BCUT2D eigenvalue weighted by Gasteiger charge is 2.30. The first kappa shape index (κ1) is 25.2. The average Bonchev–Trinajstić information content (AvgIpc) is 2.72. The number of ether oxygens (including phenoxy) is 2. The maximum Gasteiger partial charge on any atom is 0.410 e. The molecule has 0 saturated carbocycles. The summed E-state index contributed by atoms with van der Waals surface area (Å²) in [5.74, 6) is 0.582. The second-order valence-corrected chi connectivity index (χ2v) is 11.1. The number of hydrogen-bond donors (Lipinski definition) is 0. The maximum atomic E-state index is 12.9. The van der Waals surface area contributed by atoms with E-state index >= 15 is 0 Å². The van der Waals surface area contributed by atoms with Gasteiger partial charge in [0.15, 0.2) is 11.5 Å². The van der Waals surface area contributed by atoms with E-state index in [2.05, 4.69) is 0 Å². The van der Waals surface area contributed by atoms with Crippen molar-refractivity contribution in [2.75, 3.05) is 20.2 Å². The summed E-state index contributed by atoms with van der Waals surface area (Å²) in [7, 11) is -2.62. The molecule has 2 aromatic carbocycles. The van der Waals surface area contributed by atoms with E-state index in [1.165, 1.54) is 19.2 Å². The van der Waals surface area contributed by atoms with Crippen LogP contribution in [-0.2, 0) is 14.9 Å². The van der Waals surface area contributed by atoms with Gasteiger partial charge in [-0.1, -0.05) is 23.7 Å². The summed E-state index contributed by atoms with van der Waals surface area (Å²) in [5, 5.41) is 0.299. The number of aryl methyl sites for hydroxylation is 1. The maximum absolute atomic E-state index is 12.9. The molecule has 0 bridgehead atoms. The van der Waals surface area contributed by atoms with Crippen molar-refractivity contribution in [1.29, 1.82) is 0 Å². The number of hydrogen-bond acceptors (Lipinski definition) is 6. The second-order valence-electron chi connectivity index (χ2n) is 9.12. The first-order valence-electron chi connectivity index (χ1n) is 10.8. The number of benzene rings is 2. The van der Waals surface area contributed by atoms with Crippen LogP contribution in [0.5, 0.6) is 11.5 Å². The summed E-state index contributed by atoms with van der Waals surface area (Å²) in [4.78, 5) is 14.0. The number of piperidine rings is 1. The molecule has 33 heavy (non-hydrogen) atoms. The van der Waals surface area contributed by atoms with Gasteiger partial charge in [0.2, 0.25) is 0 Å². The molecular weight excluding hydrogens is 466 g/mol. The molecule has 1 saturated heterocycles. The zero-order chi connectivity index (χ0) is 24.4. The van der Waals surface area contributed by atoms with Gasteiger partial charge in [0.25, 0.3) is 0 Å². The smallest absolute Gasteiger partial charge is 0.410 e. The molecule has 0 N–H and O–H groups in total. The van der Waals surface area contributed by atoms with Crippen LogP contribution in [0.15, 0.2) is 41.3 Å². The number of likely N-dealkylation sites (tertiary alicyclic amines) is 1. The van der Waals surface area contributed by atoms with Gasteiger partial charge in [-0.2, -0.15) is 8.42 Å². The predicted molar refractivity (Wildman–Crippen MR) is 127 cm³/mol. The van der Waals surface area contributed by atoms with Crippen LogP contribution in [-0.4, -0.2) is 45.2 Å². The van der Waals surface area contributed by atoms with Crippen LogP contribution in [0, 0.1) is 6.92 Å². The summed E-state index contributed by atoms with van der Waals surface area (Å²) >= 11 is 5.95. The molecule has 0 aliphatic carbocycles. The van der Waals surface area contributed by atoms with E-state index in [4.69, 9.17) is 25.3 Å². The molecule has 1 fully saturated rings. The molecule has 1 amide bonds. The lowest BCUT2D eigenvalue weighted by atomic mass is 9.88. The topological polar surface area (TPSA) is 82.1 Å². The minimum atomic E-state index is -4.10. The molecule has 3 rings (SSSR count). The van der Waals surface area contributed by atoms with Crippen LogP contribution in [0.3, 0.4) is 0 Å². The fourth-order valence-corrected chi connectivity index (χ4v) is 5.07. The first-order chi connectivity index (χ1) is 15.4. The molecule has 0 atom stereocenters. The van der Waals surface area contributed by atoms with Crippen molar-refractivity contribution in [2.45, 2.75) is 57.0 Å². The lowest BCUT2D eigenvalue weighted by Crippen LogP contribution is -2.41. The van der Waals surface area contributed by atoms with Gasteiger partial charge in [-0.25, -0.2) is 4.79 Å². The molecule has 0 spiro atoms. The Labute approximate surface area is 200 Å². The molecule has 1 heterocycles. The molecule has 1 aliphatic rings. The summed E-state index contributed by atoms with van der Waals surface area (Å²) in [6.45, 7) is 8.47. The number of carbonyl (C=O) groups excluding carboxylic acids is 1. The van der Waals surface area contributed by atoms with Crippen LogP contribution in [0.1, 0.15) is 50.7 Å². The second kappa shape index (κ2) is 9.81. The highest BCUT2D eigenvalue weighted by atomic mass is 35.5. The third-order valence-corrected chi connectivity index (χ3v) is 6.77. The van der Waals surface area contributed by atoms with Crippen molar-refractivity contribution >= 4 is 27.8 Å². The average molecular weight is 496 g/mol. The summed E-state index contributed by atoms with van der Waals surface area (Å²) < 4.78 is 42.3. The van der Waals surface area contributed by atoms with E-state index in [9.17, 15) is 13.2 Å². The molecule has 7 nitrogen and oxygen atoms in total. The summed E-state index contributed by atoms with van der Waals surface area (Å²) in [6.07, 6.45) is 1.06. The van der Waals surface area contributed by atoms with Gasteiger partial charge in [-0.05, 0) is 76.3 Å². The Kier molecular flexibility index (Phi) is 7.49. The number of methoxy groups -OCH3 is 1. The van der Waals surface area contributed by atoms with E-state index in [-0.39, 0.29) is 22.7 Å². The fourth-order valence-electron chi connectivity index (χ4n) is 3.84. The minimum Gasteiger partial charge on any atom is -0.492 e. The van der Waals surface area contributed by atoms with Crippen molar-refractivity contribution in [2.24, 2.45) is 0 Å². The molecule has 0 radical (unpaired) electrons. The number of carbonyl (C=O) groups is 1. The Hall–Kier alpha value is -2.45. The first-order valence-corrected chi connectivity index (χ1v) is 12.5. The van der Waals surface area contributed by atoms with Gasteiger partial charge in [0.05, 0.1) is 7.11 Å². The Morgan fingerprint density at radius 3 is 2.36 bits per heavy atom. The van der Waals surface area contributed by atoms with Crippen molar-refractivity contribution in [1.82, 2.24) is 4.90 Å². The highest BCUT2D eigenvalue weighted by Crippen LogP contribution is 2.42. The fraction of sp³-hybridized carbons (Fsp3) is 0.458.